The first kappa shape index (κ1) is 22.0. The number of nitrogens with one attached hydrogen (secondary N) is 1. The topological polar surface area (TPSA) is 103 Å². The quantitative estimate of drug-likeness (QED) is 0.399. The van der Waals surface area contributed by atoms with E-state index in [1.165, 1.54) is 10.9 Å². The lowest BCUT2D eigenvalue weighted by Crippen LogP contribution is -2.19. The maximum absolute atomic E-state index is 13.5. The van der Waals surface area contributed by atoms with Crippen LogP contribution in [0.1, 0.15) is 25.9 Å². The highest BCUT2D eigenvalue weighted by atomic mass is 79.9. The number of benzene rings is 1. The Morgan fingerprint density at radius 2 is 1.91 bits per heavy atom. The van der Waals surface area contributed by atoms with Crippen molar-refractivity contribution in [3.63, 3.8) is 0 Å². The summed E-state index contributed by atoms with van der Waals surface area (Å²) >= 11 is 3.92. The summed E-state index contributed by atoms with van der Waals surface area (Å²) < 4.78 is 42.3. The normalized spacial score (nSPS) is 11.7. The first-order valence-electron chi connectivity index (χ1n) is 8.96. The van der Waals surface area contributed by atoms with Crippen LogP contribution in [0.15, 0.2) is 47.1 Å². The third kappa shape index (κ3) is 3.86. The molecule has 4 aromatic rings. The van der Waals surface area contributed by atoms with Crippen molar-refractivity contribution in [2.75, 3.05) is 5.32 Å². The van der Waals surface area contributed by atoms with E-state index in [4.69, 9.17) is 5.73 Å². The molecule has 0 bridgehead atoms. The van der Waals surface area contributed by atoms with Crippen molar-refractivity contribution in [3.8, 4) is 11.1 Å². The molecule has 0 unspecified atom stereocenters. The van der Waals surface area contributed by atoms with Crippen LogP contribution in [0.2, 0.25) is 0 Å². The number of pyridine rings is 1. The Labute approximate surface area is 191 Å². The van der Waals surface area contributed by atoms with E-state index in [1.54, 1.807) is 37.4 Å². The van der Waals surface area contributed by atoms with Crippen LogP contribution in [0.4, 0.5) is 18.9 Å². The number of amides is 2. The zero-order valence-electron chi connectivity index (χ0n) is 16.2. The van der Waals surface area contributed by atoms with Crippen LogP contribution in [0, 0.1) is 0 Å². The van der Waals surface area contributed by atoms with Gasteiger partial charge in [0, 0.05) is 12.4 Å². The highest BCUT2D eigenvalue weighted by Crippen LogP contribution is 2.43. The molecule has 3 heterocycles. The number of carbonyl (C=O) groups is 2. The SMILES string of the molecule is Cn1ncc(Br)c1C(=O)Nc1c(C(N)=O)sc2nc(C(F)(F)F)cc(-c3ccccc3)c12. The molecule has 32 heavy (non-hydrogen) atoms. The monoisotopic (exact) mass is 523 g/mol. The fraction of sp³-hybridized carbons (Fsp3) is 0.100. The summed E-state index contributed by atoms with van der Waals surface area (Å²) in [6.07, 6.45) is -3.29. The summed E-state index contributed by atoms with van der Waals surface area (Å²) in [5, 5.41) is 6.79. The van der Waals surface area contributed by atoms with Gasteiger partial charge in [0.15, 0.2) is 0 Å². The summed E-state index contributed by atoms with van der Waals surface area (Å²) in [5.74, 6) is -1.53. The van der Waals surface area contributed by atoms with Gasteiger partial charge in [0.25, 0.3) is 11.8 Å². The van der Waals surface area contributed by atoms with E-state index < -0.39 is 23.7 Å². The minimum Gasteiger partial charge on any atom is -0.365 e. The molecule has 164 valence electrons. The number of primary amides is 1. The molecular formula is C20H13BrF3N5O2S. The Morgan fingerprint density at radius 3 is 2.47 bits per heavy atom. The average molecular weight is 524 g/mol. The minimum absolute atomic E-state index is 0.00400. The van der Waals surface area contributed by atoms with Crippen LogP contribution in [-0.4, -0.2) is 26.6 Å². The van der Waals surface area contributed by atoms with Gasteiger partial charge in [-0.1, -0.05) is 30.3 Å². The third-order valence-corrected chi connectivity index (χ3v) is 6.29. The molecule has 4 rings (SSSR count). The number of aromatic nitrogens is 3. The summed E-state index contributed by atoms with van der Waals surface area (Å²) in [5.41, 5.74) is 5.13. The minimum atomic E-state index is -4.71. The van der Waals surface area contributed by atoms with Gasteiger partial charge in [-0.2, -0.15) is 18.3 Å². The number of carbonyl (C=O) groups excluding carboxylic acids is 2. The summed E-state index contributed by atoms with van der Waals surface area (Å²) in [6.45, 7) is 0. The smallest absolute Gasteiger partial charge is 0.365 e. The molecule has 0 aliphatic carbocycles. The van der Waals surface area contributed by atoms with E-state index in [0.717, 1.165) is 6.07 Å². The van der Waals surface area contributed by atoms with E-state index in [1.807, 2.05) is 0 Å². The van der Waals surface area contributed by atoms with Gasteiger partial charge in [0.05, 0.1) is 16.4 Å². The summed E-state index contributed by atoms with van der Waals surface area (Å²) in [7, 11) is 1.55. The number of aryl methyl sites for hydroxylation is 1. The molecule has 3 N–H and O–H groups in total. The lowest BCUT2D eigenvalue weighted by molar-refractivity contribution is -0.140. The summed E-state index contributed by atoms with van der Waals surface area (Å²) in [6, 6.07) is 9.20. The Balaban J connectivity index is 2.00. The molecule has 0 atom stereocenters. The lowest BCUT2D eigenvalue weighted by atomic mass is 10.0. The molecule has 0 spiro atoms. The predicted molar refractivity (Wildman–Crippen MR) is 117 cm³/mol. The van der Waals surface area contributed by atoms with Crippen LogP contribution < -0.4 is 11.1 Å². The number of alkyl halides is 3. The van der Waals surface area contributed by atoms with E-state index in [0.29, 0.717) is 21.4 Å². The molecular weight excluding hydrogens is 511 g/mol. The van der Waals surface area contributed by atoms with Crippen molar-refractivity contribution in [1.29, 1.82) is 0 Å². The van der Waals surface area contributed by atoms with Gasteiger partial charge in [-0.25, -0.2) is 4.98 Å². The first-order chi connectivity index (χ1) is 15.1. The molecule has 12 heteroatoms. The van der Waals surface area contributed by atoms with Crippen LogP contribution in [-0.2, 0) is 13.2 Å². The second-order valence-electron chi connectivity index (χ2n) is 6.69. The fourth-order valence-corrected chi connectivity index (χ4v) is 4.76. The van der Waals surface area contributed by atoms with Crippen molar-refractivity contribution >= 4 is 55.0 Å². The van der Waals surface area contributed by atoms with E-state index in [-0.39, 0.29) is 32.0 Å². The van der Waals surface area contributed by atoms with Crippen molar-refractivity contribution in [1.82, 2.24) is 14.8 Å². The van der Waals surface area contributed by atoms with Gasteiger partial charge in [-0.15, -0.1) is 11.3 Å². The van der Waals surface area contributed by atoms with E-state index >= 15 is 0 Å². The number of halogens is 4. The third-order valence-electron chi connectivity index (χ3n) is 4.61. The Morgan fingerprint density at radius 1 is 1.22 bits per heavy atom. The Bertz CT molecular complexity index is 1350. The highest BCUT2D eigenvalue weighted by Gasteiger charge is 2.35. The molecule has 0 radical (unpaired) electrons. The number of hydrogen-bond acceptors (Lipinski definition) is 5. The molecule has 7 nitrogen and oxygen atoms in total. The van der Waals surface area contributed by atoms with E-state index in [2.05, 4.69) is 31.3 Å². The largest absolute Gasteiger partial charge is 0.433 e. The molecule has 0 saturated heterocycles. The molecule has 2 amide bonds. The molecule has 0 aliphatic rings. The molecule has 3 aromatic heterocycles. The molecule has 0 saturated carbocycles. The number of nitrogens with two attached hydrogens (primary N) is 1. The number of fused-ring (bicyclic) bond motifs is 1. The van der Waals surface area contributed by atoms with Crippen LogP contribution in [0.3, 0.4) is 0 Å². The van der Waals surface area contributed by atoms with Gasteiger partial charge >= 0.3 is 6.18 Å². The van der Waals surface area contributed by atoms with Crippen molar-refractivity contribution < 1.29 is 22.8 Å². The van der Waals surface area contributed by atoms with Crippen molar-refractivity contribution in [2.45, 2.75) is 6.18 Å². The lowest BCUT2D eigenvalue weighted by Gasteiger charge is -2.12. The maximum Gasteiger partial charge on any atom is 0.433 e. The highest BCUT2D eigenvalue weighted by molar-refractivity contribution is 9.10. The van der Waals surface area contributed by atoms with E-state index in [9.17, 15) is 22.8 Å². The number of nitrogens with zero attached hydrogens (tertiary/aromatic N) is 3. The second-order valence-corrected chi connectivity index (χ2v) is 8.54. The van der Waals surface area contributed by atoms with Crippen LogP contribution >= 0.6 is 27.3 Å². The maximum atomic E-state index is 13.5. The molecule has 0 aliphatic heterocycles. The fourth-order valence-electron chi connectivity index (χ4n) is 3.22. The standard InChI is InChI=1S/C20H13BrF3N5O2S/c1-29-15(11(21)8-26-29)18(31)28-14-13-10(9-5-3-2-4-6-9)7-12(20(22,23)24)27-19(13)32-16(14)17(25)30/h2-8H,1H3,(H2,25,30)(H,28,31). The Hall–Kier alpha value is -3.25. The van der Waals surface area contributed by atoms with Gasteiger partial charge in [0.1, 0.15) is 21.1 Å². The number of hydrogen-bond donors (Lipinski definition) is 2. The van der Waals surface area contributed by atoms with Crippen molar-refractivity contribution in [2.24, 2.45) is 12.8 Å². The number of rotatable bonds is 4. The predicted octanol–water partition coefficient (Wildman–Crippen LogP) is 4.83. The summed E-state index contributed by atoms with van der Waals surface area (Å²) in [4.78, 5) is 28.6. The van der Waals surface area contributed by atoms with Gasteiger partial charge in [0.2, 0.25) is 0 Å². The zero-order valence-corrected chi connectivity index (χ0v) is 18.6. The number of thiophene rings is 1. The molecule has 0 fully saturated rings. The average Bonchev–Trinajstić information content (AvgIpc) is 3.27. The van der Waals surface area contributed by atoms with Crippen LogP contribution in [0.5, 0.6) is 0 Å². The van der Waals surface area contributed by atoms with Gasteiger partial charge < -0.3 is 11.1 Å². The Kier molecular flexibility index (Phi) is 5.51. The number of anilines is 1. The zero-order chi connectivity index (χ0) is 23.2. The first-order valence-corrected chi connectivity index (χ1v) is 10.6. The molecule has 1 aromatic carbocycles. The second kappa shape index (κ2) is 8.02. The van der Waals surface area contributed by atoms with Crippen molar-refractivity contribution in [3.05, 3.63) is 63.3 Å². The van der Waals surface area contributed by atoms with Crippen LogP contribution in [0.25, 0.3) is 21.3 Å². The van der Waals surface area contributed by atoms with Gasteiger partial charge in [-0.05, 0) is 33.1 Å². The van der Waals surface area contributed by atoms with Gasteiger partial charge in [-0.3, -0.25) is 14.3 Å².